The molecule has 2 N–H and O–H groups in total. The van der Waals surface area contributed by atoms with E-state index in [-0.39, 0.29) is 18.0 Å². The molecule has 0 aliphatic carbocycles. The van der Waals surface area contributed by atoms with Gasteiger partial charge >= 0.3 is 0 Å². The molecule has 7 nitrogen and oxygen atoms in total. The van der Waals surface area contributed by atoms with E-state index in [1.165, 1.54) is 0 Å². The molecule has 4 aromatic rings. The van der Waals surface area contributed by atoms with Gasteiger partial charge in [-0.05, 0) is 86.2 Å². The first kappa shape index (κ1) is 23.7. The van der Waals surface area contributed by atoms with E-state index in [2.05, 4.69) is 61.3 Å². The summed E-state index contributed by atoms with van der Waals surface area (Å²) < 4.78 is 2.22. The number of hydrogen-bond acceptors (Lipinski definition) is 4. The number of nitrogens with zero attached hydrogens (tertiary/aromatic N) is 4. The molecule has 2 unspecified atom stereocenters. The Morgan fingerprint density at radius 2 is 1.92 bits per heavy atom. The topological polar surface area (TPSA) is 75.1 Å². The highest BCUT2D eigenvalue weighted by molar-refractivity contribution is 7.80. The summed E-state index contributed by atoms with van der Waals surface area (Å²) in [4.78, 5) is 23.1. The molecular formula is C28H28N6OS. The molecule has 1 saturated heterocycles. The van der Waals surface area contributed by atoms with Crippen LogP contribution in [0.5, 0.6) is 0 Å². The third-order valence-corrected chi connectivity index (χ3v) is 6.81. The van der Waals surface area contributed by atoms with Crippen LogP contribution < -0.4 is 15.5 Å². The number of carbonyl (C=O) groups excluding carboxylic acids is 1. The quantitative estimate of drug-likeness (QED) is 0.348. The summed E-state index contributed by atoms with van der Waals surface area (Å²) in [7, 11) is 0. The van der Waals surface area contributed by atoms with Crippen LogP contribution in [-0.2, 0) is 4.79 Å². The molecule has 1 aliphatic heterocycles. The van der Waals surface area contributed by atoms with Gasteiger partial charge in [0, 0.05) is 41.6 Å². The minimum absolute atomic E-state index is 0.0120. The van der Waals surface area contributed by atoms with Crippen LogP contribution in [0.15, 0.2) is 79.3 Å². The molecule has 1 amide bonds. The van der Waals surface area contributed by atoms with Gasteiger partial charge in [0.15, 0.2) is 5.11 Å². The zero-order valence-corrected chi connectivity index (χ0v) is 21.3. The predicted molar refractivity (Wildman–Crippen MR) is 146 cm³/mol. The summed E-state index contributed by atoms with van der Waals surface area (Å²) in [6, 6.07) is 19.9. The van der Waals surface area contributed by atoms with Crippen molar-refractivity contribution in [3.05, 3.63) is 102 Å². The lowest BCUT2D eigenvalue weighted by atomic mass is 10.0. The number of aromatic nitrogens is 3. The van der Waals surface area contributed by atoms with Crippen LogP contribution in [0.3, 0.4) is 0 Å². The number of hydrogen-bond donors (Lipinski definition) is 2. The monoisotopic (exact) mass is 496 g/mol. The first-order valence-electron chi connectivity index (χ1n) is 12.0. The average Bonchev–Trinajstić information content (AvgIpc) is 3.45. The Hall–Kier alpha value is -4.04. The molecule has 1 aliphatic rings. The SMILES string of the molecule is CCC(=O)Nc1ccc(N2C(=S)NC(c3ccccn3)C2c2ccc(C)n2-c2cccnc2)cc1C. The second-order valence-corrected chi connectivity index (χ2v) is 9.23. The molecule has 2 atom stereocenters. The van der Waals surface area contributed by atoms with Crippen molar-refractivity contribution < 1.29 is 4.79 Å². The zero-order valence-electron chi connectivity index (χ0n) is 20.5. The Bertz CT molecular complexity index is 1400. The summed E-state index contributed by atoms with van der Waals surface area (Å²) >= 11 is 5.90. The predicted octanol–water partition coefficient (Wildman–Crippen LogP) is 5.41. The largest absolute Gasteiger partial charge is 0.351 e. The van der Waals surface area contributed by atoms with Crippen LogP contribution in [0.1, 0.15) is 48.1 Å². The Morgan fingerprint density at radius 3 is 2.61 bits per heavy atom. The molecule has 0 spiro atoms. The maximum Gasteiger partial charge on any atom is 0.224 e. The average molecular weight is 497 g/mol. The highest BCUT2D eigenvalue weighted by Gasteiger charge is 2.42. The number of thiocarbonyl (C=S) groups is 1. The van der Waals surface area contributed by atoms with Crippen LogP contribution in [0.4, 0.5) is 11.4 Å². The van der Waals surface area contributed by atoms with Crippen LogP contribution in [0.2, 0.25) is 0 Å². The third kappa shape index (κ3) is 4.35. The van der Waals surface area contributed by atoms with E-state index in [1.54, 1.807) is 12.4 Å². The highest BCUT2D eigenvalue weighted by Crippen LogP contribution is 2.43. The molecule has 0 saturated carbocycles. The van der Waals surface area contributed by atoms with Gasteiger partial charge in [0.1, 0.15) is 6.04 Å². The van der Waals surface area contributed by atoms with Crippen molar-refractivity contribution in [3.8, 4) is 5.69 Å². The first-order chi connectivity index (χ1) is 17.5. The number of pyridine rings is 2. The molecule has 0 radical (unpaired) electrons. The van der Waals surface area contributed by atoms with Crippen molar-refractivity contribution >= 4 is 34.6 Å². The zero-order chi connectivity index (χ0) is 25.2. The fraction of sp³-hybridized carbons (Fsp3) is 0.214. The molecule has 182 valence electrons. The van der Waals surface area contributed by atoms with Gasteiger partial charge in [-0.3, -0.25) is 14.8 Å². The second-order valence-electron chi connectivity index (χ2n) is 8.84. The number of rotatable bonds is 6. The lowest BCUT2D eigenvalue weighted by Gasteiger charge is -2.29. The van der Waals surface area contributed by atoms with Gasteiger partial charge in [0.05, 0.1) is 23.6 Å². The van der Waals surface area contributed by atoms with E-state index < -0.39 is 0 Å². The van der Waals surface area contributed by atoms with Gasteiger partial charge in [-0.2, -0.15) is 0 Å². The minimum Gasteiger partial charge on any atom is -0.351 e. The van der Waals surface area contributed by atoms with Crippen molar-refractivity contribution in [1.29, 1.82) is 0 Å². The van der Waals surface area contributed by atoms with E-state index in [1.807, 2.05) is 56.4 Å². The maximum atomic E-state index is 12.0. The van der Waals surface area contributed by atoms with Gasteiger partial charge in [0.2, 0.25) is 5.91 Å². The van der Waals surface area contributed by atoms with Gasteiger partial charge < -0.3 is 20.1 Å². The highest BCUT2D eigenvalue weighted by atomic mass is 32.1. The van der Waals surface area contributed by atoms with Crippen LogP contribution in [0, 0.1) is 13.8 Å². The summed E-state index contributed by atoms with van der Waals surface area (Å²) in [6.45, 7) is 5.93. The number of aryl methyl sites for hydroxylation is 2. The van der Waals surface area contributed by atoms with Gasteiger partial charge in [-0.15, -0.1) is 0 Å². The van der Waals surface area contributed by atoms with Crippen molar-refractivity contribution in [1.82, 2.24) is 19.9 Å². The molecule has 0 bridgehead atoms. The summed E-state index contributed by atoms with van der Waals surface area (Å²) in [5.74, 6) is -0.0120. The molecule has 36 heavy (non-hydrogen) atoms. The lowest BCUT2D eigenvalue weighted by Crippen LogP contribution is -2.30. The van der Waals surface area contributed by atoms with E-state index in [9.17, 15) is 4.79 Å². The fourth-order valence-electron chi connectivity index (χ4n) is 4.74. The van der Waals surface area contributed by atoms with Gasteiger partial charge in [-0.25, -0.2) is 0 Å². The molecule has 8 heteroatoms. The summed E-state index contributed by atoms with van der Waals surface area (Å²) in [5.41, 5.74) is 6.79. The molecular weight excluding hydrogens is 468 g/mol. The van der Waals surface area contributed by atoms with Crippen molar-refractivity contribution in [2.24, 2.45) is 0 Å². The summed E-state index contributed by atoms with van der Waals surface area (Å²) in [6.07, 6.45) is 5.88. The molecule has 1 fully saturated rings. The van der Waals surface area contributed by atoms with E-state index in [4.69, 9.17) is 12.2 Å². The molecule has 5 rings (SSSR count). The third-order valence-electron chi connectivity index (χ3n) is 6.49. The van der Waals surface area contributed by atoms with Crippen LogP contribution in [0.25, 0.3) is 5.69 Å². The molecule has 1 aromatic carbocycles. The number of benzene rings is 1. The first-order valence-corrected chi connectivity index (χ1v) is 12.4. The number of carbonyl (C=O) groups is 1. The van der Waals surface area contributed by atoms with Crippen LogP contribution in [-0.4, -0.2) is 25.6 Å². The van der Waals surface area contributed by atoms with Gasteiger partial charge in [-0.1, -0.05) is 13.0 Å². The number of nitrogens with one attached hydrogen (secondary N) is 2. The standard InChI is InChI=1S/C28H28N6OS/c1-4-25(35)31-22-12-11-20(16-18(22)2)34-27(26(32-28(34)36)23-9-5-6-15-30-23)24-13-10-19(3)33(24)21-8-7-14-29-17-21/h5-17,26-27H,4H2,1-3H3,(H,31,35)(H,32,36). The van der Waals surface area contributed by atoms with E-state index >= 15 is 0 Å². The molecule has 3 aromatic heterocycles. The Morgan fingerprint density at radius 1 is 1.06 bits per heavy atom. The van der Waals surface area contributed by atoms with Crippen molar-refractivity contribution in [2.75, 3.05) is 10.2 Å². The smallest absolute Gasteiger partial charge is 0.224 e. The lowest BCUT2D eigenvalue weighted by molar-refractivity contribution is -0.115. The van der Waals surface area contributed by atoms with Crippen molar-refractivity contribution in [3.63, 3.8) is 0 Å². The Balaban J connectivity index is 1.64. The molecule has 4 heterocycles. The second kappa shape index (κ2) is 9.91. The summed E-state index contributed by atoms with van der Waals surface area (Å²) in [5, 5.41) is 7.12. The Labute approximate surface area is 216 Å². The normalized spacial score (nSPS) is 17.2. The van der Waals surface area contributed by atoms with Crippen molar-refractivity contribution in [2.45, 2.75) is 39.3 Å². The number of amides is 1. The van der Waals surface area contributed by atoms with Gasteiger partial charge in [0.25, 0.3) is 0 Å². The Kier molecular flexibility index (Phi) is 6.52. The maximum absolute atomic E-state index is 12.0. The minimum atomic E-state index is -0.170. The number of anilines is 2. The van der Waals surface area contributed by atoms with E-state index in [0.717, 1.165) is 39.7 Å². The van der Waals surface area contributed by atoms with Crippen LogP contribution >= 0.6 is 12.2 Å². The van der Waals surface area contributed by atoms with E-state index in [0.29, 0.717) is 11.5 Å². The fourth-order valence-corrected chi connectivity index (χ4v) is 5.08.